The third-order valence-electron chi connectivity index (χ3n) is 1.31. The van der Waals surface area contributed by atoms with Gasteiger partial charge in [-0.3, -0.25) is 8.98 Å². The molecule has 1 amide bonds. The predicted molar refractivity (Wildman–Crippen MR) is 52.4 cm³/mol. The Kier molecular flexibility index (Phi) is 4.87. The zero-order chi connectivity index (χ0) is 10.5. The number of hydrogen-bond donors (Lipinski definition) is 1. The fourth-order valence-electron chi connectivity index (χ4n) is 0.774. The van der Waals surface area contributed by atoms with Crippen molar-refractivity contribution in [3.05, 3.63) is 12.7 Å². The quantitative estimate of drug-likeness (QED) is 0.660. The van der Waals surface area contributed by atoms with Gasteiger partial charge in [-0.15, -0.1) is 0 Å². The first-order valence-corrected chi connectivity index (χ1v) is 5.03. The van der Waals surface area contributed by atoms with Crippen LogP contribution in [0.15, 0.2) is 12.7 Å². The van der Waals surface area contributed by atoms with E-state index >= 15 is 0 Å². The average Bonchev–Trinajstić information content (AvgIpc) is 2.02. The molecule has 0 radical (unpaired) electrons. The lowest BCUT2D eigenvalue weighted by atomic mass is 10.1. The standard InChI is InChI=1S/C8H15NO3S/c1-5-7(10)9-8(2,3)6-13(11)12-4/h5H,1,6H2,2-4H3,(H,9,10). The van der Waals surface area contributed by atoms with Crippen molar-refractivity contribution in [1.29, 1.82) is 0 Å². The van der Waals surface area contributed by atoms with Crippen molar-refractivity contribution < 1.29 is 13.2 Å². The molecule has 13 heavy (non-hydrogen) atoms. The van der Waals surface area contributed by atoms with Crippen LogP contribution >= 0.6 is 0 Å². The molecule has 4 nitrogen and oxygen atoms in total. The molecule has 0 bridgehead atoms. The highest BCUT2D eigenvalue weighted by molar-refractivity contribution is 7.80. The van der Waals surface area contributed by atoms with Gasteiger partial charge in [0.2, 0.25) is 5.91 Å². The minimum absolute atomic E-state index is 0.253. The van der Waals surface area contributed by atoms with Crippen LogP contribution in [0.3, 0.4) is 0 Å². The molecule has 0 spiro atoms. The second-order valence-corrected chi connectivity index (χ2v) is 4.42. The summed E-state index contributed by atoms with van der Waals surface area (Å²) in [7, 11) is 1.36. The van der Waals surface area contributed by atoms with Gasteiger partial charge in [-0.1, -0.05) is 6.58 Å². The lowest BCUT2D eigenvalue weighted by Gasteiger charge is -2.24. The van der Waals surface area contributed by atoms with Crippen molar-refractivity contribution in [3.63, 3.8) is 0 Å². The summed E-state index contributed by atoms with van der Waals surface area (Å²) in [5.41, 5.74) is -0.549. The van der Waals surface area contributed by atoms with E-state index in [1.165, 1.54) is 13.2 Å². The molecule has 0 saturated carbocycles. The van der Waals surface area contributed by atoms with Crippen LogP contribution in [-0.2, 0) is 20.1 Å². The topological polar surface area (TPSA) is 55.4 Å². The molecule has 0 fully saturated rings. The lowest BCUT2D eigenvalue weighted by Crippen LogP contribution is -2.46. The van der Waals surface area contributed by atoms with Crippen molar-refractivity contribution in [2.75, 3.05) is 12.9 Å². The van der Waals surface area contributed by atoms with Crippen LogP contribution in [0, 0.1) is 0 Å². The number of nitrogens with one attached hydrogen (secondary N) is 1. The van der Waals surface area contributed by atoms with E-state index in [2.05, 4.69) is 16.1 Å². The molecule has 0 heterocycles. The predicted octanol–water partition coefficient (Wildman–Crippen LogP) is 0.377. The molecule has 0 aliphatic heterocycles. The number of carbonyl (C=O) groups is 1. The van der Waals surface area contributed by atoms with Crippen molar-refractivity contribution in [3.8, 4) is 0 Å². The largest absolute Gasteiger partial charge is 0.347 e. The molecule has 0 aliphatic rings. The van der Waals surface area contributed by atoms with Gasteiger partial charge in [-0.25, -0.2) is 4.21 Å². The minimum Gasteiger partial charge on any atom is -0.347 e. The maximum Gasteiger partial charge on any atom is 0.243 e. The maximum atomic E-state index is 11.0. The number of hydrogen-bond acceptors (Lipinski definition) is 3. The van der Waals surface area contributed by atoms with E-state index in [0.717, 1.165) is 0 Å². The Morgan fingerprint density at radius 1 is 1.69 bits per heavy atom. The molecule has 0 aromatic carbocycles. The third kappa shape index (κ3) is 5.54. The van der Waals surface area contributed by atoms with Gasteiger partial charge >= 0.3 is 0 Å². The molecule has 1 N–H and O–H groups in total. The summed E-state index contributed by atoms with van der Waals surface area (Å²) in [5, 5.41) is 2.64. The highest BCUT2D eigenvalue weighted by Gasteiger charge is 2.22. The highest BCUT2D eigenvalue weighted by Crippen LogP contribution is 2.04. The van der Waals surface area contributed by atoms with Crippen LogP contribution in [0.2, 0.25) is 0 Å². The Bertz CT molecular complexity index is 225. The van der Waals surface area contributed by atoms with Crippen molar-refractivity contribution >= 4 is 17.0 Å². The van der Waals surface area contributed by atoms with E-state index in [1.807, 2.05) is 0 Å². The van der Waals surface area contributed by atoms with Gasteiger partial charge in [0.15, 0.2) is 11.1 Å². The fraction of sp³-hybridized carbons (Fsp3) is 0.625. The van der Waals surface area contributed by atoms with Gasteiger partial charge in [-0.2, -0.15) is 0 Å². The fourth-order valence-corrected chi connectivity index (χ4v) is 1.55. The van der Waals surface area contributed by atoms with Crippen LogP contribution in [0.25, 0.3) is 0 Å². The number of amides is 1. The van der Waals surface area contributed by atoms with Gasteiger partial charge in [0.1, 0.15) is 0 Å². The normalized spacial score (nSPS) is 13.5. The second-order valence-electron chi connectivity index (χ2n) is 3.19. The van der Waals surface area contributed by atoms with Crippen LogP contribution in [-0.4, -0.2) is 28.5 Å². The third-order valence-corrected chi connectivity index (χ3v) is 2.64. The molecule has 0 aromatic heterocycles. The van der Waals surface area contributed by atoms with Crippen molar-refractivity contribution in [1.82, 2.24) is 5.32 Å². The van der Waals surface area contributed by atoms with E-state index in [-0.39, 0.29) is 11.7 Å². The molecule has 1 atom stereocenters. The summed E-state index contributed by atoms with van der Waals surface area (Å²) in [6.07, 6.45) is 1.18. The number of carbonyl (C=O) groups excluding carboxylic acids is 1. The lowest BCUT2D eigenvalue weighted by molar-refractivity contribution is -0.117. The summed E-state index contributed by atoms with van der Waals surface area (Å²) in [6.45, 7) is 6.86. The Balaban J connectivity index is 4.14. The first-order valence-electron chi connectivity index (χ1n) is 3.78. The highest BCUT2D eigenvalue weighted by atomic mass is 32.2. The van der Waals surface area contributed by atoms with Crippen LogP contribution in [0.5, 0.6) is 0 Å². The van der Waals surface area contributed by atoms with Crippen LogP contribution in [0.1, 0.15) is 13.8 Å². The maximum absolute atomic E-state index is 11.0. The van der Waals surface area contributed by atoms with E-state index in [4.69, 9.17) is 0 Å². The summed E-state index contributed by atoms with van der Waals surface area (Å²) >= 11 is -1.36. The minimum atomic E-state index is -1.36. The first-order chi connectivity index (χ1) is 5.91. The Morgan fingerprint density at radius 3 is 2.62 bits per heavy atom. The molecule has 76 valence electrons. The van der Waals surface area contributed by atoms with Gasteiger partial charge in [0.25, 0.3) is 0 Å². The summed E-state index contributed by atoms with van der Waals surface area (Å²) in [5.74, 6) is -0.0265. The van der Waals surface area contributed by atoms with Gasteiger partial charge in [0, 0.05) is 5.54 Å². The molecular weight excluding hydrogens is 190 g/mol. The van der Waals surface area contributed by atoms with E-state index in [1.54, 1.807) is 13.8 Å². The summed E-state index contributed by atoms with van der Waals surface area (Å²) in [4.78, 5) is 10.9. The van der Waals surface area contributed by atoms with E-state index < -0.39 is 16.6 Å². The monoisotopic (exact) mass is 205 g/mol. The SMILES string of the molecule is C=CC(=O)NC(C)(C)CS(=O)OC. The Hall–Kier alpha value is -0.680. The molecule has 0 aliphatic carbocycles. The van der Waals surface area contributed by atoms with E-state index in [9.17, 15) is 9.00 Å². The van der Waals surface area contributed by atoms with Gasteiger partial charge in [-0.05, 0) is 19.9 Å². The summed E-state index contributed by atoms with van der Waals surface area (Å²) in [6, 6.07) is 0. The van der Waals surface area contributed by atoms with Crippen molar-refractivity contribution in [2.24, 2.45) is 0 Å². The Morgan fingerprint density at radius 2 is 2.23 bits per heavy atom. The molecule has 0 aromatic rings. The molecule has 0 saturated heterocycles. The first kappa shape index (κ1) is 12.3. The molecule has 0 rings (SSSR count). The van der Waals surface area contributed by atoms with Crippen LogP contribution in [0.4, 0.5) is 0 Å². The summed E-state index contributed by atoms with van der Waals surface area (Å²) < 4.78 is 15.6. The molecule has 1 unspecified atom stereocenters. The van der Waals surface area contributed by atoms with Crippen molar-refractivity contribution in [2.45, 2.75) is 19.4 Å². The second kappa shape index (κ2) is 5.14. The van der Waals surface area contributed by atoms with Gasteiger partial charge in [0.05, 0.1) is 12.9 Å². The zero-order valence-corrected chi connectivity index (χ0v) is 8.94. The number of rotatable bonds is 5. The average molecular weight is 205 g/mol. The Labute approximate surface area is 81.0 Å². The van der Waals surface area contributed by atoms with Gasteiger partial charge < -0.3 is 5.32 Å². The smallest absolute Gasteiger partial charge is 0.243 e. The zero-order valence-electron chi connectivity index (χ0n) is 8.12. The van der Waals surface area contributed by atoms with E-state index in [0.29, 0.717) is 0 Å². The molecular formula is C8H15NO3S. The molecule has 5 heteroatoms. The van der Waals surface area contributed by atoms with Crippen LogP contribution < -0.4 is 5.32 Å².